The Hall–Kier alpha value is -1.56. The van der Waals surface area contributed by atoms with Gasteiger partial charge < -0.3 is 5.11 Å². The van der Waals surface area contributed by atoms with Crippen molar-refractivity contribution >= 4 is 16.1 Å². The first-order valence-corrected chi connectivity index (χ1v) is 6.46. The monoisotopic (exact) mass is 243 g/mol. The van der Waals surface area contributed by atoms with Gasteiger partial charge in [-0.25, -0.2) is 13.2 Å². The van der Waals surface area contributed by atoms with Crippen molar-refractivity contribution in [2.24, 2.45) is 0 Å². The second kappa shape index (κ2) is 4.52. The van der Waals surface area contributed by atoms with Gasteiger partial charge in [0.05, 0.1) is 12.3 Å². The zero-order chi connectivity index (χ0) is 12.3. The summed E-state index contributed by atoms with van der Waals surface area (Å²) in [7, 11) is -3.78. The lowest BCUT2D eigenvalue weighted by Gasteiger charge is -2.24. The van der Waals surface area contributed by atoms with Gasteiger partial charge in [0.1, 0.15) is 0 Å². The Morgan fingerprint density at radius 3 is 2.19 bits per heavy atom. The van der Waals surface area contributed by atoms with Crippen LogP contribution < -0.4 is 0 Å². The molecule has 0 heterocycles. The predicted octanol–water partition coefficient (Wildman–Crippen LogP) is 1.69. The van der Waals surface area contributed by atoms with E-state index in [4.69, 9.17) is 5.11 Å². The van der Waals surface area contributed by atoms with Gasteiger partial charge in [-0.15, -0.1) is 0 Å². The molecule has 0 spiro atoms. The van der Waals surface area contributed by atoms with E-state index < -0.39 is 22.2 Å². The average Bonchev–Trinajstić information content (AvgIpc) is 2.16. The van der Waals surface area contributed by atoms with Crippen molar-refractivity contribution in [3.05, 3.63) is 35.9 Å². The molecule has 1 amide bonds. The molecule has 6 heteroatoms. The van der Waals surface area contributed by atoms with Crippen LogP contribution in [0.25, 0.3) is 0 Å². The lowest BCUT2D eigenvalue weighted by Crippen LogP contribution is -2.37. The van der Waals surface area contributed by atoms with Crippen LogP contribution in [0.3, 0.4) is 0 Å². The minimum atomic E-state index is -3.78. The maximum absolute atomic E-state index is 11.3. The minimum Gasteiger partial charge on any atom is -0.464 e. The summed E-state index contributed by atoms with van der Waals surface area (Å²) in [5.41, 5.74) is 0.635. The lowest BCUT2D eigenvalue weighted by atomic mass is 10.1. The van der Waals surface area contributed by atoms with Gasteiger partial charge in [-0.05, 0) is 12.5 Å². The second-order valence-corrected chi connectivity index (χ2v) is 5.29. The Morgan fingerprint density at radius 1 is 1.31 bits per heavy atom. The maximum Gasteiger partial charge on any atom is 0.421 e. The molecule has 0 bridgehead atoms. The van der Waals surface area contributed by atoms with E-state index in [-0.39, 0.29) is 0 Å². The van der Waals surface area contributed by atoms with Crippen molar-refractivity contribution in [3.8, 4) is 0 Å². The molecule has 0 fully saturated rings. The van der Waals surface area contributed by atoms with Crippen LogP contribution in [0.5, 0.6) is 0 Å². The first-order chi connectivity index (χ1) is 7.34. The molecule has 1 aromatic rings. The molecule has 16 heavy (non-hydrogen) atoms. The molecule has 0 aliphatic rings. The largest absolute Gasteiger partial charge is 0.464 e. The predicted molar refractivity (Wildman–Crippen MR) is 59.6 cm³/mol. The Bertz CT molecular complexity index is 469. The lowest BCUT2D eigenvalue weighted by molar-refractivity contribution is 0.163. The Kier molecular flexibility index (Phi) is 3.54. The molecule has 1 rings (SSSR count). The fourth-order valence-corrected chi connectivity index (χ4v) is 2.44. The number of carboxylic acid groups (broad SMARTS) is 1. The van der Waals surface area contributed by atoms with Crippen LogP contribution in [-0.4, -0.2) is 30.2 Å². The average molecular weight is 243 g/mol. The van der Waals surface area contributed by atoms with Crippen LogP contribution >= 0.6 is 0 Å². The van der Waals surface area contributed by atoms with Gasteiger partial charge in [0.25, 0.3) is 0 Å². The van der Waals surface area contributed by atoms with Crippen LogP contribution in [0.1, 0.15) is 18.5 Å². The molecule has 0 aromatic heterocycles. The smallest absolute Gasteiger partial charge is 0.421 e. The highest BCUT2D eigenvalue weighted by Crippen LogP contribution is 2.22. The molecule has 1 aromatic carbocycles. The number of amides is 1. The molecule has 88 valence electrons. The van der Waals surface area contributed by atoms with E-state index in [9.17, 15) is 13.2 Å². The van der Waals surface area contributed by atoms with Crippen molar-refractivity contribution < 1.29 is 18.3 Å². The number of rotatable bonds is 3. The molecule has 0 saturated heterocycles. The summed E-state index contributed by atoms with van der Waals surface area (Å²) in [5, 5.41) is 8.89. The summed E-state index contributed by atoms with van der Waals surface area (Å²) in [4.78, 5) is 10.9. The quantitative estimate of drug-likeness (QED) is 0.876. The third-order valence-electron chi connectivity index (χ3n) is 2.18. The Labute approximate surface area is 94.4 Å². The highest BCUT2D eigenvalue weighted by molar-refractivity contribution is 7.88. The van der Waals surface area contributed by atoms with Crippen LogP contribution in [-0.2, 0) is 10.0 Å². The summed E-state index contributed by atoms with van der Waals surface area (Å²) >= 11 is 0. The second-order valence-electron chi connectivity index (χ2n) is 3.43. The first kappa shape index (κ1) is 12.5. The van der Waals surface area contributed by atoms with Crippen LogP contribution in [0.4, 0.5) is 4.79 Å². The van der Waals surface area contributed by atoms with Crippen LogP contribution in [0.2, 0.25) is 0 Å². The van der Waals surface area contributed by atoms with Crippen molar-refractivity contribution in [2.45, 2.75) is 13.0 Å². The number of nitrogens with zero attached hydrogens (tertiary/aromatic N) is 1. The van der Waals surface area contributed by atoms with Crippen molar-refractivity contribution in [2.75, 3.05) is 6.26 Å². The summed E-state index contributed by atoms with van der Waals surface area (Å²) in [6.07, 6.45) is -0.598. The molecule has 0 radical (unpaired) electrons. The Balaban J connectivity index is 3.12. The molecule has 1 atom stereocenters. The van der Waals surface area contributed by atoms with Gasteiger partial charge in [0.2, 0.25) is 10.0 Å². The highest BCUT2D eigenvalue weighted by Gasteiger charge is 2.29. The first-order valence-electron chi connectivity index (χ1n) is 4.61. The van der Waals surface area contributed by atoms with Gasteiger partial charge >= 0.3 is 6.09 Å². The number of hydrogen-bond acceptors (Lipinski definition) is 3. The minimum absolute atomic E-state index is 0.447. The molecular weight excluding hydrogens is 230 g/mol. The summed E-state index contributed by atoms with van der Waals surface area (Å²) in [5.74, 6) is 0. The van der Waals surface area contributed by atoms with Gasteiger partial charge in [0.15, 0.2) is 0 Å². The van der Waals surface area contributed by atoms with E-state index in [1.54, 1.807) is 30.3 Å². The third kappa shape index (κ3) is 2.73. The normalized spacial score (nSPS) is 13.1. The summed E-state index contributed by atoms with van der Waals surface area (Å²) < 4.78 is 23.1. The number of carbonyl (C=O) groups is 1. The molecule has 1 N–H and O–H groups in total. The molecule has 0 saturated carbocycles. The van der Waals surface area contributed by atoms with Crippen molar-refractivity contribution in [1.82, 2.24) is 4.31 Å². The van der Waals surface area contributed by atoms with E-state index in [1.165, 1.54) is 6.92 Å². The van der Waals surface area contributed by atoms with Crippen molar-refractivity contribution in [1.29, 1.82) is 0 Å². The topological polar surface area (TPSA) is 74.7 Å². The van der Waals surface area contributed by atoms with Gasteiger partial charge in [-0.3, -0.25) is 0 Å². The van der Waals surface area contributed by atoms with E-state index in [0.29, 0.717) is 9.87 Å². The third-order valence-corrected chi connectivity index (χ3v) is 3.37. The van der Waals surface area contributed by atoms with E-state index in [2.05, 4.69) is 0 Å². The van der Waals surface area contributed by atoms with E-state index >= 15 is 0 Å². The van der Waals surface area contributed by atoms with Gasteiger partial charge in [-0.1, -0.05) is 30.3 Å². The maximum atomic E-state index is 11.3. The van der Waals surface area contributed by atoms with E-state index in [1.807, 2.05) is 0 Å². The van der Waals surface area contributed by atoms with Gasteiger partial charge in [-0.2, -0.15) is 4.31 Å². The SMILES string of the molecule is CC(c1ccccc1)N(C(=O)O)S(C)(=O)=O. The molecule has 1 unspecified atom stereocenters. The zero-order valence-corrected chi connectivity index (χ0v) is 9.81. The number of benzene rings is 1. The number of hydrogen-bond donors (Lipinski definition) is 1. The molecule has 0 aliphatic carbocycles. The fraction of sp³-hybridized carbons (Fsp3) is 0.300. The highest BCUT2D eigenvalue weighted by atomic mass is 32.2. The van der Waals surface area contributed by atoms with E-state index in [0.717, 1.165) is 6.26 Å². The van der Waals surface area contributed by atoms with Crippen LogP contribution in [0.15, 0.2) is 30.3 Å². The summed E-state index contributed by atoms with van der Waals surface area (Å²) in [6.45, 7) is 1.53. The zero-order valence-electron chi connectivity index (χ0n) is 8.99. The summed E-state index contributed by atoms with van der Waals surface area (Å²) in [6, 6.07) is 7.88. The standard InChI is InChI=1S/C10H13NO4S/c1-8(9-6-4-3-5-7-9)11(10(12)13)16(2,14)15/h3-8H,1-2H3,(H,12,13). The number of sulfonamides is 1. The fourth-order valence-electron chi connectivity index (χ4n) is 1.46. The molecular formula is C10H13NO4S. The van der Waals surface area contributed by atoms with Crippen LogP contribution in [0, 0.1) is 0 Å². The Morgan fingerprint density at radius 2 is 1.81 bits per heavy atom. The molecule has 0 aliphatic heterocycles. The molecule has 5 nitrogen and oxygen atoms in total. The van der Waals surface area contributed by atoms with Crippen molar-refractivity contribution in [3.63, 3.8) is 0 Å². The van der Waals surface area contributed by atoms with Gasteiger partial charge in [0, 0.05) is 0 Å².